The lowest BCUT2D eigenvalue weighted by Gasteiger charge is -2.18. The predicted octanol–water partition coefficient (Wildman–Crippen LogP) is 0.133. The minimum absolute atomic E-state index is 0.0175. The van der Waals surface area contributed by atoms with Crippen LogP contribution in [-0.2, 0) is 9.59 Å². The molecule has 1 aliphatic rings. The molecule has 4 nitrogen and oxygen atoms in total. The second-order valence-electron chi connectivity index (χ2n) is 3.42. The van der Waals surface area contributed by atoms with Gasteiger partial charge in [-0.15, -0.1) is 0 Å². The molecule has 0 bridgehead atoms. The van der Waals surface area contributed by atoms with Crippen LogP contribution in [0.3, 0.4) is 0 Å². The van der Waals surface area contributed by atoms with E-state index in [1.165, 1.54) is 0 Å². The normalized spacial score (nSPS) is 24.2. The molecule has 1 heterocycles. The summed E-state index contributed by atoms with van der Waals surface area (Å²) < 4.78 is 0. The number of hydrogen-bond acceptors (Lipinski definition) is 2. The highest BCUT2D eigenvalue weighted by Gasteiger charge is 2.26. The Kier molecular flexibility index (Phi) is 3.28. The van der Waals surface area contributed by atoms with Gasteiger partial charge in [-0.05, 0) is 6.42 Å². The summed E-state index contributed by atoms with van der Waals surface area (Å²) in [5.41, 5.74) is 0. The van der Waals surface area contributed by atoms with Crippen LogP contribution in [0.1, 0.15) is 26.2 Å². The number of carbonyl (C=O) groups is 2. The number of amides is 2. The van der Waals surface area contributed by atoms with Crippen molar-refractivity contribution in [2.45, 2.75) is 32.2 Å². The summed E-state index contributed by atoms with van der Waals surface area (Å²) in [6.45, 7) is 2.54. The lowest BCUT2D eigenvalue weighted by molar-refractivity contribution is -0.132. The van der Waals surface area contributed by atoms with Gasteiger partial charge in [-0.3, -0.25) is 9.59 Å². The molecule has 4 heteroatoms. The highest BCUT2D eigenvalue weighted by molar-refractivity contribution is 5.89. The molecule has 0 saturated carbocycles. The number of nitrogens with zero attached hydrogens (tertiary/aromatic N) is 1. The Hall–Kier alpha value is -1.06. The Balaban J connectivity index is 2.66. The van der Waals surface area contributed by atoms with Crippen molar-refractivity contribution in [3.8, 4) is 0 Å². The number of likely N-dealkylation sites (N-methyl/N-ethyl adjacent to an activating group) is 1. The fourth-order valence-corrected chi connectivity index (χ4v) is 1.46. The summed E-state index contributed by atoms with van der Waals surface area (Å²) >= 11 is 0. The van der Waals surface area contributed by atoms with E-state index in [2.05, 4.69) is 5.32 Å². The molecule has 74 valence electrons. The Morgan fingerprint density at radius 1 is 1.54 bits per heavy atom. The minimum atomic E-state index is -0.301. The zero-order chi connectivity index (χ0) is 9.84. The summed E-state index contributed by atoms with van der Waals surface area (Å²) in [4.78, 5) is 24.4. The van der Waals surface area contributed by atoms with Gasteiger partial charge in [0.2, 0.25) is 11.8 Å². The van der Waals surface area contributed by atoms with Gasteiger partial charge in [0.05, 0.1) is 0 Å². The summed E-state index contributed by atoms with van der Waals surface area (Å²) in [5.74, 6) is 0.0175. The molecule has 1 aliphatic heterocycles. The van der Waals surface area contributed by atoms with Gasteiger partial charge >= 0.3 is 0 Å². The molecule has 0 aromatic carbocycles. The lowest BCUT2D eigenvalue weighted by Crippen LogP contribution is -2.43. The van der Waals surface area contributed by atoms with Crippen LogP contribution in [-0.4, -0.2) is 36.3 Å². The zero-order valence-electron chi connectivity index (χ0n) is 8.17. The molecule has 13 heavy (non-hydrogen) atoms. The van der Waals surface area contributed by atoms with Gasteiger partial charge in [0.1, 0.15) is 6.04 Å². The molecule has 2 amide bonds. The van der Waals surface area contributed by atoms with Crippen LogP contribution < -0.4 is 5.32 Å². The highest BCUT2D eigenvalue weighted by atomic mass is 16.2. The molecular weight excluding hydrogens is 168 g/mol. The van der Waals surface area contributed by atoms with E-state index in [9.17, 15) is 9.59 Å². The summed E-state index contributed by atoms with van der Waals surface area (Å²) in [7, 11) is 1.74. The zero-order valence-corrected chi connectivity index (χ0v) is 8.17. The van der Waals surface area contributed by atoms with E-state index in [4.69, 9.17) is 0 Å². The van der Waals surface area contributed by atoms with Gasteiger partial charge in [0.25, 0.3) is 0 Å². The van der Waals surface area contributed by atoms with Crippen molar-refractivity contribution in [3.63, 3.8) is 0 Å². The molecule has 0 aromatic heterocycles. The lowest BCUT2D eigenvalue weighted by atomic mass is 10.1. The first-order valence-corrected chi connectivity index (χ1v) is 4.69. The van der Waals surface area contributed by atoms with E-state index >= 15 is 0 Å². The minimum Gasteiger partial charge on any atom is -0.344 e. The van der Waals surface area contributed by atoms with E-state index in [1.807, 2.05) is 6.92 Å². The molecule has 0 aliphatic carbocycles. The van der Waals surface area contributed by atoms with Crippen LogP contribution in [0.2, 0.25) is 0 Å². The number of nitrogens with one attached hydrogen (secondary N) is 1. The van der Waals surface area contributed by atoms with Crippen molar-refractivity contribution in [1.29, 1.82) is 0 Å². The molecular formula is C9H16N2O2. The van der Waals surface area contributed by atoms with Crippen LogP contribution in [0.15, 0.2) is 0 Å². The van der Waals surface area contributed by atoms with Crippen LogP contribution >= 0.6 is 0 Å². The highest BCUT2D eigenvalue weighted by Crippen LogP contribution is 2.05. The van der Waals surface area contributed by atoms with E-state index < -0.39 is 0 Å². The molecule has 1 N–H and O–H groups in total. The smallest absolute Gasteiger partial charge is 0.244 e. The number of hydrogen-bond donors (Lipinski definition) is 1. The first kappa shape index (κ1) is 10.0. The molecule has 0 aromatic rings. The molecule has 0 radical (unpaired) electrons. The van der Waals surface area contributed by atoms with Crippen LogP contribution in [0.5, 0.6) is 0 Å². The molecule has 1 rings (SSSR count). The number of rotatable bonds is 2. The van der Waals surface area contributed by atoms with E-state index in [0.29, 0.717) is 13.0 Å². The predicted molar refractivity (Wildman–Crippen MR) is 49.1 cm³/mol. The van der Waals surface area contributed by atoms with Gasteiger partial charge in [-0.2, -0.15) is 0 Å². The maximum atomic E-state index is 11.6. The topological polar surface area (TPSA) is 49.4 Å². The van der Waals surface area contributed by atoms with Gasteiger partial charge in [0, 0.05) is 20.0 Å². The molecule has 1 unspecified atom stereocenters. The van der Waals surface area contributed by atoms with E-state index in [0.717, 1.165) is 12.8 Å². The fraction of sp³-hybridized carbons (Fsp3) is 0.778. The second kappa shape index (κ2) is 4.25. The van der Waals surface area contributed by atoms with Crippen LogP contribution in [0, 0.1) is 0 Å². The van der Waals surface area contributed by atoms with Gasteiger partial charge in [-0.25, -0.2) is 0 Å². The first-order valence-electron chi connectivity index (χ1n) is 4.69. The van der Waals surface area contributed by atoms with Crippen molar-refractivity contribution in [1.82, 2.24) is 10.2 Å². The Labute approximate surface area is 78.3 Å². The van der Waals surface area contributed by atoms with Crippen molar-refractivity contribution in [2.24, 2.45) is 0 Å². The summed E-state index contributed by atoms with van der Waals surface area (Å²) in [6, 6.07) is -0.301. The number of carbonyl (C=O) groups excluding carboxylic acids is 2. The van der Waals surface area contributed by atoms with Crippen molar-refractivity contribution < 1.29 is 9.59 Å². The Morgan fingerprint density at radius 2 is 2.23 bits per heavy atom. The maximum absolute atomic E-state index is 11.6. The Bertz CT molecular complexity index is 216. The average molecular weight is 184 g/mol. The average Bonchev–Trinajstić information content (AvgIpc) is 2.21. The third kappa shape index (κ3) is 2.44. The molecule has 1 atom stereocenters. The van der Waals surface area contributed by atoms with Crippen LogP contribution in [0.25, 0.3) is 0 Å². The van der Waals surface area contributed by atoms with Crippen molar-refractivity contribution in [2.75, 3.05) is 13.6 Å². The third-order valence-corrected chi connectivity index (χ3v) is 2.26. The molecule has 1 fully saturated rings. The monoisotopic (exact) mass is 184 g/mol. The van der Waals surface area contributed by atoms with Crippen LogP contribution in [0.4, 0.5) is 0 Å². The maximum Gasteiger partial charge on any atom is 0.244 e. The largest absolute Gasteiger partial charge is 0.344 e. The quantitative estimate of drug-likeness (QED) is 0.663. The van der Waals surface area contributed by atoms with E-state index in [1.54, 1.807) is 11.9 Å². The molecule has 1 saturated heterocycles. The van der Waals surface area contributed by atoms with Gasteiger partial charge in [-0.1, -0.05) is 13.3 Å². The SMILES string of the molecule is CCCC1NC(=O)CCN(C)C1=O. The van der Waals surface area contributed by atoms with Gasteiger partial charge in [0.15, 0.2) is 0 Å². The molecule has 0 spiro atoms. The summed E-state index contributed by atoms with van der Waals surface area (Å²) in [5, 5.41) is 2.73. The summed E-state index contributed by atoms with van der Waals surface area (Å²) in [6.07, 6.45) is 2.06. The second-order valence-corrected chi connectivity index (χ2v) is 3.42. The fourth-order valence-electron chi connectivity index (χ4n) is 1.46. The third-order valence-electron chi connectivity index (χ3n) is 2.26. The van der Waals surface area contributed by atoms with Gasteiger partial charge < -0.3 is 10.2 Å². The first-order chi connectivity index (χ1) is 6.15. The van der Waals surface area contributed by atoms with Crippen molar-refractivity contribution >= 4 is 11.8 Å². The van der Waals surface area contributed by atoms with E-state index in [-0.39, 0.29) is 17.9 Å². The Morgan fingerprint density at radius 3 is 2.85 bits per heavy atom. The standard InChI is InChI=1S/C9H16N2O2/c1-3-4-7-9(13)11(2)6-5-8(12)10-7/h7H,3-6H2,1-2H3,(H,10,12). The van der Waals surface area contributed by atoms with Crippen molar-refractivity contribution in [3.05, 3.63) is 0 Å².